The van der Waals surface area contributed by atoms with Gasteiger partial charge in [-0.1, -0.05) is 12.1 Å². The van der Waals surface area contributed by atoms with Gasteiger partial charge in [-0.3, -0.25) is 4.79 Å². The Bertz CT molecular complexity index is 746. The highest BCUT2D eigenvalue weighted by atomic mass is 16.1. The van der Waals surface area contributed by atoms with Crippen LogP contribution in [0.15, 0.2) is 48.8 Å². The SMILES string of the molecule is NCc1ccc(C(=O)Nc2ccc3nc[nH]c3c2)cc1. The molecule has 0 aliphatic rings. The van der Waals surface area contributed by atoms with Crippen molar-refractivity contribution in [3.8, 4) is 0 Å². The minimum atomic E-state index is -0.146. The summed E-state index contributed by atoms with van der Waals surface area (Å²) in [5, 5.41) is 2.86. The van der Waals surface area contributed by atoms with Crippen LogP contribution < -0.4 is 11.1 Å². The average Bonchev–Trinajstić information content (AvgIpc) is 2.95. The van der Waals surface area contributed by atoms with Gasteiger partial charge in [0, 0.05) is 17.8 Å². The summed E-state index contributed by atoms with van der Waals surface area (Å²) in [4.78, 5) is 19.3. The number of rotatable bonds is 3. The van der Waals surface area contributed by atoms with Gasteiger partial charge in [0.25, 0.3) is 5.91 Å². The van der Waals surface area contributed by atoms with Crippen LogP contribution in [-0.4, -0.2) is 15.9 Å². The summed E-state index contributed by atoms with van der Waals surface area (Å²) in [6.07, 6.45) is 1.63. The van der Waals surface area contributed by atoms with E-state index in [1.807, 2.05) is 30.3 Å². The molecule has 0 spiro atoms. The summed E-state index contributed by atoms with van der Waals surface area (Å²) < 4.78 is 0. The van der Waals surface area contributed by atoms with Gasteiger partial charge >= 0.3 is 0 Å². The monoisotopic (exact) mass is 266 g/mol. The highest BCUT2D eigenvalue weighted by molar-refractivity contribution is 6.04. The van der Waals surface area contributed by atoms with E-state index in [1.54, 1.807) is 18.5 Å². The quantitative estimate of drug-likeness (QED) is 0.680. The van der Waals surface area contributed by atoms with E-state index in [0.29, 0.717) is 12.1 Å². The van der Waals surface area contributed by atoms with Gasteiger partial charge < -0.3 is 16.0 Å². The van der Waals surface area contributed by atoms with E-state index in [-0.39, 0.29) is 5.91 Å². The van der Waals surface area contributed by atoms with E-state index in [0.717, 1.165) is 22.3 Å². The first-order valence-electron chi connectivity index (χ1n) is 6.30. The molecule has 0 fully saturated rings. The van der Waals surface area contributed by atoms with Gasteiger partial charge in [-0.2, -0.15) is 0 Å². The summed E-state index contributed by atoms with van der Waals surface area (Å²) in [5.41, 5.74) is 9.63. The molecule has 3 rings (SSSR count). The highest BCUT2D eigenvalue weighted by Gasteiger charge is 2.06. The van der Waals surface area contributed by atoms with Crippen molar-refractivity contribution in [1.82, 2.24) is 9.97 Å². The molecule has 1 heterocycles. The number of carbonyl (C=O) groups is 1. The first kappa shape index (κ1) is 12.4. The zero-order valence-corrected chi connectivity index (χ0v) is 10.8. The fraction of sp³-hybridized carbons (Fsp3) is 0.0667. The molecule has 1 aromatic heterocycles. The van der Waals surface area contributed by atoms with E-state index in [2.05, 4.69) is 15.3 Å². The number of imidazole rings is 1. The van der Waals surface area contributed by atoms with Crippen LogP contribution in [0.3, 0.4) is 0 Å². The number of hydrogen-bond donors (Lipinski definition) is 3. The number of nitrogens with two attached hydrogens (primary N) is 1. The number of hydrogen-bond acceptors (Lipinski definition) is 3. The van der Waals surface area contributed by atoms with E-state index >= 15 is 0 Å². The lowest BCUT2D eigenvalue weighted by atomic mass is 10.1. The number of nitrogens with one attached hydrogen (secondary N) is 2. The maximum atomic E-state index is 12.1. The molecule has 1 amide bonds. The number of aromatic nitrogens is 2. The smallest absolute Gasteiger partial charge is 0.255 e. The average molecular weight is 266 g/mol. The zero-order chi connectivity index (χ0) is 13.9. The number of nitrogens with zero attached hydrogens (tertiary/aromatic N) is 1. The molecule has 20 heavy (non-hydrogen) atoms. The Hall–Kier alpha value is -2.66. The molecular weight excluding hydrogens is 252 g/mol. The van der Waals surface area contributed by atoms with Crippen molar-refractivity contribution >= 4 is 22.6 Å². The number of H-pyrrole nitrogens is 1. The third kappa shape index (κ3) is 2.39. The van der Waals surface area contributed by atoms with Gasteiger partial charge in [-0.25, -0.2) is 4.98 Å². The van der Waals surface area contributed by atoms with Crippen molar-refractivity contribution in [1.29, 1.82) is 0 Å². The zero-order valence-electron chi connectivity index (χ0n) is 10.8. The van der Waals surface area contributed by atoms with Crippen LogP contribution in [0.4, 0.5) is 5.69 Å². The number of fused-ring (bicyclic) bond motifs is 1. The predicted octanol–water partition coefficient (Wildman–Crippen LogP) is 2.27. The summed E-state index contributed by atoms with van der Waals surface area (Å²) >= 11 is 0. The van der Waals surface area contributed by atoms with Crippen LogP contribution in [0, 0.1) is 0 Å². The third-order valence-electron chi connectivity index (χ3n) is 3.13. The Balaban J connectivity index is 1.80. The molecule has 100 valence electrons. The normalized spacial score (nSPS) is 10.7. The second kappa shape index (κ2) is 5.14. The van der Waals surface area contributed by atoms with E-state index in [1.165, 1.54) is 0 Å². The van der Waals surface area contributed by atoms with Crippen molar-refractivity contribution in [3.05, 3.63) is 59.9 Å². The summed E-state index contributed by atoms with van der Waals surface area (Å²) in [5.74, 6) is -0.146. The van der Waals surface area contributed by atoms with E-state index in [9.17, 15) is 4.79 Å². The molecule has 0 aliphatic heterocycles. The van der Waals surface area contributed by atoms with Crippen LogP contribution in [0.1, 0.15) is 15.9 Å². The highest BCUT2D eigenvalue weighted by Crippen LogP contribution is 2.16. The Morgan fingerprint density at radius 2 is 2.00 bits per heavy atom. The lowest BCUT2D eigenvalue weighted by molar-refractivity contribution is 0.102. The van der Waals surface area contributed by atoms with Crippen LogP contribution in [-0.2, 0) is 6.54 Å². The molecule has 0 unspecified atom stereocenters. The minimum absolute atomic E-state index is 0.146. The van der Waals surface area contributed by atoms with Crippen LogP contribution in [0.25, 0.3) is 11.0 Å². The van der Waals surface area contributed by atoms with Gasteiger partial charge in [-0.05, 0) is 35.9 Å². The van der Waals surface area contributed by atoms with Gasteiger partial charge in [0.05, 0.1) is 17.4 Å². The predicted molar refractivity (Wildman–Crippen MR) is 78.4 cm³/mol. The molecule has 5 nitrogen and oxygen atoms in total. The van der Waals surface area contributed by atoms with Crippen molar-refractivity contribution in [2.45, 2.75) is 6.54 Å². The molecule has 0 bridgehead atoms. The summed E-state index contributed by atoms with van der Waals surface area (Å²) in [6, 6.07) is 12.8. The maximum absolute atomic E-state index is 12.1. The second-order valence-corrected chi connectivity index (χ2v) is 4.49. The summed E-state index contributed by atoms with van der Waals surface area (Å²) in [7, 11) is 0. The van der Waals surface area contributed by atoms with Crippen LogP contribution in [0.2, 0.25) is 0 Å². The molecule has 0 aliphatic carbocycles. The lowest BCUT2D eigenvalue weighted by Crippen LogP contribution is -2.12. The Morgan fingerprint density at radius 1 is 1.20 bits per heavy atom. The second-order valence-electron chi connectivity index (χ2n) is 4.49. The molecule has 3 aromatic rings. The van der Waals surface area contributed by atoms with Gasteiger partial charge in [0.15, 0.2) is 0 Å². The number of aromatic amines is 1. The van der Waals surface area contributed by atoms with Gasteiger partial charge in [-0.15, -0.1) is 0 Å². The van der Waals surface area contributed by atoms with Crippen LogP contribution in [0.5, 0.6) is 0 Å². The number of anilines is 1. The summed E-state index contributed by atoms with van der Waals surface area (Å²) in [6.45, 7) is 0.471. The van der Waals surface area contributed by atoms with Gasteiger partial charge in [0.2, 0.25) is 0 Å². The molecule has 0 saturated carbocycles. The third-order valence-corrected chi connectivity index (χ3v) is 3.13. The maximum Gasteiger partial charge on any atom is 0.255 e. The van der Waals surface area contributed by atoms with Gasteiger partial charge in [0.1, 0.15) is 0 Å². The minimum Gasteiger partial charge on any atom is -0.345 e. The molecule has 2 aromatic carbocycles. The van der Waals surface area contributed by atoms with E-state index in [4.69, 9.17) is 5.73 Å². The Labute approximate surface area is 115 Å². The topological polar surface area (TPSA) is 83.8 Å². The molecule has 5 heteroatoms. The first-order valence-corrected chi connectivity index (χ1v) is 6.30. The van der Waals surface area contributed by atoms with Crippen molar-refractivity contribution in [3.63, 3.8) is 0 Å². The van der Waals surface area contributed by atoms with Crippen molar-refractivity contribution < 1.29 is 4.79 Å². The Kier molecular flexibility index (Phi) is 3.18. The number of carbonyl (C=O) groups excluding carboxylic acids is 1. The molecule has 0 radical (unpaired) electrons. The largest absolute Gasteiger partial charge is 0.345 e. The standard InChI is InChI=1S/C15H14N4O/c16-8-10-1-3-11(4-2-10)15(20)19-12-5-6-13-14(7-12)18-9-17-13/h1-7,9H,8,16H2,(H,17,18)(H,19,20). The molecule has 4 N–H and O–H groups in total. The number of benzene rings is 2. The molecular formula is C15H14N4O. The van der Waals surface area contributed by atoms with E-state index < -0.39 is 0 Å². The van der Waals surface area contributed by atoms with Crippen LogP contribution >= 0.6 is 0 Å². The fourth-order valence-corrected chi connectivity index (χ4v) is 2.01. The molecule has 0 atom stereocenters. The van der Waals surface area contributed by atoms with Crippen molar-refractivity contribution in [2.24, 2.45) is 5.73 Å². The number of amides is 1. The molecule has 0 saturated heterocycles. The first-order chi connectivity index (χ1) is 9.76. The Morgan fingerprint density at radius 3 is 2.75 bits per heavy atom. The fourth-order valence-electron chi connectivity index (χ4n) is 2.01. The van der Waals surface area contributed by atoms with Crippen molar-refractivity contribution in [2.75, 3.05) is 5.32 Å². The lowest BCUT2D eigenvalue weighted by Gasteiger charge is -2.06.